The zero-order valence-electron chi connectivity index (χ0n) is 28.7. The van der Waals surface area contributed by atoms with E-state index in [1.54, 1.807) is 0 Å². The van der Waals surface area contributed by atoms with E-state index in [-0.39, 0.29) is 0 Å². The number of thiophene rings is 1. The zero-order valence-corrected chi connectivity index (χ0v) is 29.5. The molecule has 0 spiro atoms. The fraction of sp³-hybridized carbons (Fsp3) is 0. The second kappa shape index (κ2) is 11.9. The molecular weight excluding hydrogens is 663 g/mol. The van der Waals surface area contributed by atoms with E-state index in [1.807, 2.05) is 11.3 Å². The molecular formula is C50H31NOS. The van der Waals surface area contributed by atoms with Crippen molar-refractivity contribution in [3.8, 4) is 22.3 Å². The molecule has 0 aliphatic heterocycles. The number of nitrogens with zero attached hydrogens (tertiary/aromatic N) is 1. The fourth-order valence-electron chi connectivity index (χ4n) is 8.24. The van der Waals surface area contributed by atoms with Crippen molar-refractivity contribution < 1.29 is 4.42 Å². The maximum atomic E-state index is 6.53. The molecule has 0 fully saturated rings. The molecule has 0 radical (unpaired) electrons. The van der Waals surface area contributed by atoms with Crippen molar-refractivity contribution in [2.75, 3.05) is 4.90 Å². The Balaban J connectivity index is 1.08. The molecule has 0 saturated carbocycles. The average Bonchev–Trinajstić information content (AvgIpc) is 3.81. The molecule has 0 unspecified atom stereocenters. The second-order valence-corrected chi connectivity index (χ2v) is 14.7. The predicted molar refractivity (Wildman–Crippen MR) is 227 cm³/mol. The van der Waals surface area contributed by atoms with Crippen molar-refractivity contribution in [3.05, 3.63) is 188 Å². The van der Waals surface area contributed by atoms with Gasteiger partial charge in [-0.15, -0.1) is 11.3 Å². The van der Waals surface area contributed by atoms with Gasteiger partial charge in [0, 0.05) is 53.1 Å². The topological polar surface area (TPSA) is 16.4 Å². The molecule has 0 amide bonds. The van der Waals surface area contributed by atoms with Crippen LogP contribution in [0, 0.1) is 0 Å². The Morgan fingerprint density at radius 3 is 1.92 bits per heavy atom. The van der Waals surface area contributed by atoms with E-state index >= 15 is 0 Å². The second-order valence-electron chi connectivity index (χ2n) is 13.7. The first-order chi connectivity index (χ1) is 26.3. The van der Waals surface area contributed by atoms with Crippen molar-refractivity contribution in [2.45, 2.75) is 0 Å². The molecule has 0 aliphatic rings. The molecule has 2 aromatic heterocycles. The van der Waals surface area contributed by atoms with Gasteiger partial charge in [-0.3, -0.25) is 0 Å². The first-order valence-corrected chi connectivity index (χ1v) is 18.8. The van der Waals surface area contributed by atoms with Gasteiger partial charge in [-0.25, -0.2) is 0 Å². The lowest BCUT2D eigenvalue weighted by atomic mass is 9.97. The Hall–Kier alpha value is -6.68. The van der Waals surface area contributed by atoms with Crippen LogP contribution in [0.15, 0.2) is 192 Å². The number of fused-ring (bicyclic) bond motifs is 9. The summed E-state index contributed by atoms with van der Waals surface area (Å²) in [6.07, 6.45) is 0. The molecule has 11 rings (SSSR count). The van der Waals surface area contributed by atoms with E-state index in [0.717, 1.165) is 55.5 Å². The van der Waals surface area contributed by atoms with Gasteiger partial charge in [0.2, 0.25) is 0 Å². The van der Waals surface area contributed by atoms with Crippen LogP contribution in [0.2, 0.25) is 0 Å². The third-order valence-corrected chi connectivity index (χ3v) is 11.8. The quantitative estimate of drug-likeness (QED) is 0.178. The molecule has 53 heavy (non-hydrogen) atoms. The maximum Gasteiger partial charge on any atom is 0.143 e. The Labute approximate surface area is 310 Å². The molecule has 9 aromatic carbocycles. The Morgan fingerprint density at radius 2 is 1.06 bits per heavy atom. The summed E-state index contributed by atoms with van der Waals surface area (Å²) in [5.41, 5.74) is 9.95. The normalized spacial score (nSPS) is 11.8. The van der Waals surface area contributed by atoms with Crippen molar-refractivity contribution in [3.63, 3.8) is 0 Å². The predicted octanol–water partition coefficient (Wildman–Crippen LogP) is 15.1. The number of furan rings is 1. The summed E-state index contributed by atoms with van der Waals surface area (Å²) in [4.78, 5) is 2.40. The number of hydrogen-bond donors (Lipinski definition) is 0. The fourth-order valence-corrected chi connectivity index (χ4v) is 9.37. The average molecular weight is 694 g/mol. The van der Waals surface area contributed by atoms with Crippen molar-refractivity contribution in [1.82, 2.24) is 0 Å². The van der Waals surface area contributed by atoms with Crippen LogP contribution in [0.1, 0.15) is 0 Å². The summed E-state index contributed by atoms with van der Waals surface area (Å²) < 4.78 is 9.16. The third-order valence-electron chi connectivity index (χ3n) is 10.6. The van der Waals surface area contributed by atoms with Gasteiger partial charge < -0.3 is 9.32 Å². The molecule has 0 aliphatic carbocycles. The van der Waals surface area contributed by atoms with Gasteiger partial charge in [0.1, 0.15) is 11.2 Å². The third kappa shape index (κ3) is 4.78. The maximum absolute atomic E-state index is 6.53. The SMILES string of the molecule is c1cc(-c2cccc3sc4ccccc4c23)cc(N(c2ccc(-c3cccc4oc5c6ccccc6ccc5c34)cc2)c2cccc3ccccc23)c1. The van der Waals surface area contributed by atoms with Crippen molar-refractivity contribution in [2.24, 2.45) is 0 Å². The summed E-state index contributed by atoms with van der Waals surface area (Å²) >= 11 is 1.86. The summed E-state index contributed by atoms with van der Waals surface area (Å²) in [6.45, 7) is 0. The highest BCUT2D eigenvalue weighted by molar-refractivity contribution is 7.25. The molecule has 0 atom stereocenters. The molecule has 0 bridgehead atoms. The van der Waals surface area contributed by atoms with E-state index in [9.17, 15) is 0 Å². The molecule has 2 heterocycles. The monoisotopic (exact) mass is 693 g/mol. The lowest BCUT2D eigenvalue weighted by Gasteiger charge is -2.27. The lowest BCUT2D eigenvalue weighted by molar-refractivity contribution is 0.673. The van der Waals surface area contributed by atoms with E-state index in [2.05, 4.69) is 193 Å². The first-order valence-electron chi connectivity index (χ1n) is 18.0. The van der Waals surface area contributed by atoms with Crippen LogP contribution in [0.3, 0.4) is 0 Å². The number of benzene rings is 9. The number of rotatable bonds is 5. The van der Waals surface area contributed by atoms with E-state index < -0.39 is 0 Å². The van der Waals surface area contributed by atoms with E-state index in [1.165, 1.54) is 47.5 Å². The van der Waals surface area contributed by atoms with Crippen LogP contribution in [0.25, 0.3) is 85.9 Å². The van der Waals surface area contributed by atoms with Crippen LogP contribution in [0.5, 0.6) is 0 Å². The van der Waals surface area contributed by atoms with Gasteiger partial charge in [0.25, 0.3) is 0 Å². The molecule has 248 valence electrons. The smallest absolute Gasteiger partial charge is 0.143 e. The van der Waals surface area contributed by atoms with Crippen LogP contribution < -0.4 is 4.90 Å². The van der Waals surface area contributed by atoms with E-state index in [4.69, 9.17) is 4.42 Å². The molecule has 3 heteroatoms. The minimum absolute atomic E-state index is 0.903. The van der Waals surface area contributed by atoms with Crippen LogP contribution in [-0.4, -0.2) is 0 Å². The highest BCUT2D eigenvalue weighted by Crippen LogP contribution is 2.45. The zero-order chi connectivity index (χ0) is 34.9. The summed E-state index contributed by atoms with van der Waals surface area (Å²) in [5, 5.41) is 9.65. The minimum Gasteiger partial charge on any atom is -0.455 e. The van der Waals surface area contributed by atoms with Crippen LogP contribution in [-0.2, 0) is 0 Å². The van der Waals surface area contributed by atoms with Gasteiger partial charge in [-0.2, -0.15) is 0 Å². The van der Waals surface area contributed by atoms with E-state index in [0.29, 0.717) is 0 Å². The first kappa shape index (κ1) is 30.0. The van der Waals surface area contributed by atoms with Gasteiger partial charge in [0.05, 0.1) is 5.69 Å². The number of hydrogen-bond acceptors (Lipinski definition) is 3. The number of anilines is 3. The van der Waals surface area contributed by atoms with Gasteiger partial charge in [0.15, 0.2) is 0 Å². The van der Waals surface area contributed by atoms with Crippen molar-refractivity contribution in [1.29, 1.82) is 0 Å². The van der Waals surface area contributed by atoms with Gasteiger partial charge in [-0.05, 0) is 87.6 Å². The summed E-state index contributed by atoms with van der Waals surface area (Å²) in [5.74, 6) is 0. The van der Waals surface area contributed by atoms with Gasteiger partial charge >= 0.3 is 0 Å². The Morgan fingerprint density at radius 1 is 0.396 bits per heavy atom. The van der Waals surface area contributed by atoms with Gasteiger partial charge in [-0.1, -0.05) is 133 Å². The molecule has 11 aromatic rings. The summed E-state index contributed by atoms with van der Waals surface area (Å²) in [7, 11) is 0. The standard InChI is InChI=1S/C50H31NOS/c1-3-16-38-32(11-1)13-8-21-44(38)51(37-15-7-14-35(31-37)40-20-10-24-47-49(40)42-18-5-6-23-46(42)53-47)36-28-25-34(26-29-36)39-19-9-22-45-48(39)43-30-27-33-12-2-4-17-41(33)50(43)52-45/h1-31H. The summed E-state index contributed by atoms with van der Waals surface area (Å²) in [6, 6.07) is 68.0. The lowest BCUT2D eigenvalue weighted by Crippen LogP contribution is -2.10. The molecule has 0 saturated heterocycles. The van der Waals surface area contributed by atoms with Crippen LogP contribution >= 0.6 is 11.3 Å². The minimum atomic E-state index is 0.903. The highest BCUT2D eigenvalue weighted by Gasteiger charge is 2.19. The largest absolute Gasteiger partial charge is 0.455 e. The van der Waals surface area contributed by atoms with Crippen LogP contribution in [0.4, 0.5) is 17.1 Å². The van der Waals surface area contributed by atoms with Crippen molar-refractivity contribution >= 4 is 92.1 Å². The Bertz CT molecular complexity index is 3180. The molecule has 0 N–H and O–H groups in total. The molecule has 2 nitrogen and oxygen atoms in total. The Kier molecular flexibility index (Phi) is 6.76. The highest BCUT2D eigenvalue weighted by atomic mass is 32.1.